The summed E-state index contributed by atoms with van der Waals surface area (Å²) in [5.74, 6) is 5.78. The summed E-state index contributed by atoms with van der Waals surface area (Å²) in [5.41, 5.74) is 22.1. The van der Waals surface area contributed by atoms with Crippen LogP contribution in [-0.2, 0) is 5.41 Å². The fourth-order valence-electron chi connectivity index (χ4n) is 21.7. The quantitative estimate of drug-likeness (QED) is 0.108. The molecule has 1 aliphatic carbocycles. The van der Waals surface area contributed by atoms with Crippen molar-refractivity contribution in [3.63, 3.8) is 0 Å². The molecule has 9 heterocycles. The monoisotopic (exact) mass is 1960 g/mol. The van der Waals surface area contributed by atoms with Gasteiger partial charge in [0, 0.05) is 79.8 Å². The number of aromatic nitrogens is 9. The summed E-state index contributed by atoms with van der Waals surface area (Å²) in [6.07, 6.45) is 0. The van der Waals surface area contributed by atoms with Gasteiger partial charge in [-0.05, 0) is 242 Å². The van der Waals surface area contributed by atoms with Crippen molar-refractivity contribution in [1.82, 2.24) is 44.9 Å². The average Bonchev–Trinajstić information content (AvgIpc) is 1.53. The van der Waals surface area contributed by atoms with Crippen molar-refractivity contribution in [2.45, 2.75) is 5.41 Å². The standard InChI is InChI=1S/C52H31N3OS.C43H25N3OS.C39H23N3OS/c1-3-17-36(18-4-1)52(37-19-5-2-6-20-37)42-23-11-10-21-38(42)48-39(22-13-24-43(48)52)50-53-49(54-51(55-50)47-31-34-16-9-12-25-46(34)57-47)35-26-27-44-40(29-35)41-28-32-14-7-8-15-33(32)30-45(41)56-44;1-2-10-30-24-38-36(22-29(30)9-1)35-23-32(20-21-37(35)47-38)42-44-41(45-43(46-42)40-25-31-11-4-6-15-39(31)48-40)28-18-16-27(17-19-28)34-14-7-12-26-8-3-5-13-33(26)34;1-2-8-24(9-3-1)25-14-16-26(17-15-25)37-40-38(42-39(41-37)36-23-29-12-6-7-13-35(29)44-36)30-18-19-33-31(21-30)32-20-27-10-4-5-11-28(27)22-34(32)43-33/h1-31H;1-25H;1-23H. The topological polar surface area (TPSA) is 155 Å². The van der Waals surface area contributed by atoms with E-state index in [4.69, 9.17) is 58.1 Å². The number of thiophene rings is 3. The molecule has 21 aromatic carbocycles. The number of hydrogen-bond donors (Lipinski definition) is 0. The van der Waals surface area contributed by atoms with Crippen molar-refractivity contribution in [2.24, 2.45) is 0 Å². The molecule has 0 spiro atoms. The number of benzene rings is 21. The Bertz CT molecular complexity index is 10500. The lowest BCUT2D eigenvalue weighted by Gasteiger charge is -2.33. The molecule has 30 aromatic rings. The first-order valence-corrected chi connectivity index (χ1v) is 52.1. The van der Waals surface area contributed by atoms with Crippen LogP contribution in [0.2, 0.25) is 0 Å². The van der Waals surface area contributed by atoms with Gasteiger partial charge in [-0.2, -0.15) is 0 Å². The molecule has 0 atom stereocenters. The van der Waals surface area contributed by atoms with Crippen LogP contribution in [0.15, 0.2) is 492 Å². The molecular weight excluding hydrogens is 1880 g/mol. The second-order valence-electron chi connectivity index (χ2n) is 37.7. The molecule has 149 heavy (non-hydrogen) atoms. The maximum atomic E-state index is 6.40. The summed E-state index contributed by atoms with van der Waals surface area (Å²) in [5, 5.41) is 19.3. The summed E-state index contributed by atoms with van der Waals surface area (Å²) < 4.78 is 22.6. The number of furan rings is 3. The molecular formula is C134H79N9O3S3. The highest BCUT2D eigenvalue weighted by Crippen LogP contribution is 2.59. The van der Waals surface area contributed by atoms with Gasteiger partial charge in [0.2, 0.25) is 0 Å². The van der Waals surface area contributed by atoms with Gasteiger partial charge in [-0.1, -0.05) is 352 Å². The third-order valence-electron chi connectivity index (χ3n) is 28.8. The molecule has 0 fully saturated rings. The van der Waals surface area contributed by atoms with Crippen molar-refractivity contribution in [3.05, 3.63) is 501 Å². The Kier molecular flexibility index (Phi) is 20.8. The number of nitrogens with zero attached hydrogens (tertiary/aromatic N) is 9. The summed E-state index contributed by atoms with van der Waals surface area (Å²) >= 11 is 5.10. The molecule has 31 rings (SSSR count). The molecule has 0 aliphatic heterocycles. The molecule has 15 heteroatoms. The van der Waals surface area contributed by atoms with Gasteiger partial charge in [-0.25, -0.2) is 44.9 Å². The molecule has 9 aromatic heterocycles. The fourth-order valence-corrected chi connectivity index (χ4v) is 24.7. The minimum Gasteiger partial charge on any atom is -0.456 e. The molecule has 0 radical (unpaired) electrons. The van der Waals surface area contributed by atoms with Crippen molar-refractivity contribution in [2.75, 3.05) is 0 Å². The normalized spacial score (nSPS) is 12.2. The van der Waals surface area contributed by atoms with Crippen LogP contribution in [0, 0.1) is 0 Å². The molecule has 0 amide bonds. The first-order chi connectivity index (χ1) is 73.7. The van der Waals surface area contributed by atoms with Gasteiger partial charge >= 0.3 is 0 Å². The van der Waals surface area contributed by atoms with Gasteiger partial charge in [-0.3, -0.25) is 0 Å². The van der Waals surface area contributed by atoms with Gasteiger partial charge in [0.25, 0.3) is 0 Å². The highest BCUT2D eigenvalue weighted by molar-refractivity contribution is 7.23. The molecule has 0 N–H and O–H groups in total. The fraction of sp³-hybridized carbons (Fsp3) is 0.00746. The Labute approximate surface area is 865 Å². The number of hydrogen-bond acceptors (Lipinski definition) is 15. The first kappa shape index (κ1) is 86.6. The molecule has 0 saturated heterocycles. The van der Waals surface area contributed by atoms with Gasteiger partial charge < -0.3 is 13.3 Å². The van der Waals surface area contributed by atoms with Crippen LogP contribution in [0.4, 0.5) is 0 Å². The average molecular weight is 1960 g/mol. The van der Waals surface area contributed by atoms with E-state index in [1.54, 1.807) is 34.0 Å². The van der Waals surface area contributed by atoms with E-state index in [9.17, 15) is 0 Å². The zero-order valence-corrected chi connectivity index (χ0v) is 82.0. The highest BCUT2D eigenvalue weighted by Gasteiger charge is 2.47. The minimum absolute atomic E-state index is 0.536. The van der Waals surface area contributed by atoms with Crippen LogP contribution in [0.5, 0.6) is 0 Å². The van der Waals surface area contributed by atoms with Crippen LogP contribution in [-0.4, -0.2) is 44.9 Å². The van der Waals surface area contributed by atoms with Crippen LogP contribution in [0.25, 0.3) is 273 Å². The van der Waals surface area contributed by atoms with E-state index in [0.29, 0.717) is 52.4 Å². The minimum atomic E-state index is -0.536. The van der Waals surface area contributed by atoms with Gasteiger partial charge in [-0.15, -0.1) is 34.0 Å². The zero-order valence-electron chi connectivity index (χ0n) is 79.6. The van der Waals surface area contributed by atoms with Crippen LogP contribution < -0.4 is 0 Å². The largest absolute Gasteiger partial charge is 0.456 e. The van der Waals surface area contributed by atoms with E-state index in [2.05, 4.69) is 443 Å². The number of rotatable bonds is 13. The van der Waals surface area contributed by atoms with E-state index in [0.717, 1.165) is 147 Å². The maximum absolute atomic E-state index is 6.40. The SMILES string of the molecule is c1ccc(-c2ccc(-c3nc(-c4ccc5oc6cc7ccccc7cc6c5c4)nc(-c4cc5ccccc5s4)n3)cc2)cc1.c1ccc(C2(c3ccccc3)c3ccccc3-c3c(-c4nc(-c5ccc6oc7cc8ccccc8cc7c6c5)nc(-c5cc6ccccc6s5)n4)cccc32)cc1.c1ccc2cc3c(cc2c1)oc1ccc(-c2nc(-c4ccc(-c5cccc6ccccc56)cc4)nc(-c4cc5ccccc5s4)n2)cc13. The Morgan fingerprint density at radius 1 is 0.161 bits per heavy atom. The lowest BCUT2D eigenvalue weighted by molar-refractivity contribution is 0.669. The third-order valence-corrected chi connectivity index (χ3v) is 32.2. The molecule has 0 unspecified atom stereocenters. The number of fused-ring (bicyclic) bond motifs is 19. The summed E-state index contributed by atoms with van der Waals surface area (Å²) in [6, 6.07) is 168. The summed E-state index contributed by atoms with van der Waals surface area (Å²) in [6.45, 7) is 0. The third kappa shape index (κ3) is 15.4. The Morgan fingerprint density at radius 3 is 0.886 bits per heavy atom. The van der Waals surface area contributed by atoms with Crippen molar-refractivity contribution >= 4 is 173 Å². The molecule has 12 nitrogen and oxygen atoms in total. The lowest BCUT2D eigenvalue weighted by Crippen LogP contribution is -2.28. The van der Waals surface area contributed by atoms with E-state index >= 15 is 0 Å². The van der Waals surface area contributed by atoms with Gasteiger partial charge in [0.1, 0.15) is 33.5 Å². The van der Waals surface area contributed by atoms with E-state index < -0.39 is 5.41 Å². The zero-order chi connectivity index (χ0) is 98.1. The Hall–Kier alpha value is -19.0. The van der Waals surface area contributed by atoms with Gasteiger partial charge in [0.15, 0.2) is 52.4 Å². The van der Waals surface area contributed by atoms with E-state index in [1.165, 1.54) is 96.1 Å². The Morgan fingerprint density at radius 2 is 0.450 bits per heavy atom. The molecule has 0 saturated carbocycles. The first-order valence-electron chi connectivity index (χ1n) is 49.6. The van der Waals surface area contributed by atoms with Crippen LogP contribution >= 0.6 is 34.0 Å². The van der Waals surface area contributed by atoms with E-state index in [1.807, 2.05) is 36.4 Å². The van der Waals surface area contributed by atoms with Crippen molar-refractivity contribution < 1.29 is 13.3 Å². The second-order valence-corrected chi connectivity index (χ2v) is 40.9. The second kappa shape index (κ2) is 35.8. The van der Waals surface area contributed by atoms with Crippen LogP contribution in [0.1, 0.15) is 22.3 Å². The van der Waals surface area contributed by atoms with Gasteiger partial charge in [0.05, 0.1) is 20.0 Å². The maximum Gasteiger partial charge on any atom is 0.174 e. The molecule has 0 bridgehead atoms. The predicted molar refractivity (Wildman–Crippen MR) is 615 cm³/mol. The van der Waals surface area contributed by atoms with Crippen molar-refractivity contribution in [1.29, 1.82) is 0 Å². The highest BCUT2D eigenvalue weighted by atomic mass is 32.1. The molecule has 1 aliphatic rings. The lowest BCUT2D eigenvalue weighted by atomic mass is 9.67. The van der Waals surface area contributed by atoms with Crippen molar-refractivity contribution in [3.8, 4) is 134 Å². The summed E-state index contributed by atoms with van der Waals surface area (Å²) in [7, 11) is 0. The van der Waals surface area contributed by atoms with Crippen LogP contribution in [0.3, 0.4) is 0 Å². The van der Waals surface area contributed by atoms with E-state index in [-0.39, 0.29) is 0 Å². The smallest absolute Gasteiger partial charge is 0.174 e. The summed E-state index contributed by atoms with van der Waals surface area (Å²) in [4.78, 5) is 49.2. The Balaban J connectivity index is 0.000000106. The predicted octanol–water partition coefficient (Wildman–Crippen LogP) is 36.3. The molecule has 696 valence electrons.